The van der Waals surface area contributed by atoms with Crippen LogP contribution >= 0.6 is 0 Å². The van der Waals surface area contributed by atoms with E-state index in [0.29, 0.717) is 22.3 Å². The molecule has 4 rings (SSSR count). The van der Waals surface area contributed by atoms with E-state index in [0.717, 1.165) is 0 Å². The second-order valence-electron chi connectivity index (χ2n) is 7.30. The van der Waals surface area contributed by atoms with Crippen molar-refractivity contribution in [1.82, 2.24) is 0 Å². The fourth-order valence-electron chi connectivity index (χ4n) is 3.94. The van der Waals surface area contributed by atoms with Gasteiger partial charge in [0.1, 0.15) is 11.5 Å². The van der Waals surface area contributed by atoms with E-state index >= 15 is 0 Å². The van der Waals surface area contributed by atoms with Gasteiger partial charge in [-0.3, -0.25) is 0 Å². The van der Waals surface area contributed by atoms with Gasteiger partial charge >= 0.3 is 21.0 Å². The largest absolute Gasteiger partial charge is 0.488 e. The molecule has 11 heteroatoms. The summed E-state index contributed by atoms with van der Waals surface area (Å²) in [7, 11) is -10.4. The molecule has 0 saturated heterocycles. The van der Waals surface area contributed by atoms with Gasteiger partial charge < -0.3 is 8.37 Å². The SMILES string of the molecule is O=S(=O)(F)Oc1ccc(C(c2[c-]cccc2)(c2[c-]cccc2)c2ccc(OS(=O)(=O)F)cc2)cc1.[Y]. The van der Waals surface area contributed by atoms with Gasteiger partial charge in [0.15, 0.2) is 0 Å². The molecule has 36 heavy (non-hydrogen) atoms. The molecule has 6 nitrogen and oxygen atoms in total. The zero-order valence-corrected chi connectivity index (χ0v) is 22.8. The molecule has 0 heterocycles. The van der Waals surface area contributed by atoms with Gasteiger partial charge in [-0.1, -0.05) is 32.0 Å². The summed E-state index contributed by atoms with van der Waals surface area (Å²) < 4.78 is 78.3. The second kappa shape index (κ2) is 11.2. The van der Waals surface area contributed by atoms with E-state index in [9.17, 15) is 24.6 Å². The Bertz CT molecular complexity index is 1390. The van der Waals surface area contributed by atoms with Crippen LogP contribution in [0, 0.1) is 12.1 Å². The molecule has 4 aromatic carbocycles. The molecule has 0 aliphatic heterocycles. The van der Waals surface area contributed by atoms with Gasteiger partial charge in [-0.2, -0.15) is 77.5 Å². The van der Waals surface area contributed by atoms with Crippen LogP contribution in [0.25, 0.3) is 0 Å². The van der Waals surface area contributed by atoms with Crippen LogP contribution in [-0.2, 0) is 59.1 Å². The van der Waals surface area contributed by atoms with Gasteiger partial charge in [-0.15, -0.1) is 11.1 Å². The Balaban J connectivity index is 0.00000361. The van der Waals surface area contributed by atoms with Crippen molar-refractivity contribution < 1.29 is 65.7 Å². The maximum absolute atomic E-state index is 13.0. The van der Waals surface area contributed by atoms with E-state index in [1.807, 2.05) is 24.3 Å². The van der Waals surface area contributed by atoms with E-state index in [1.54, 1.807) is 48.5 Å². The third-order valence-electron chi connectivity index (χ3n) is 5.19. The molecular weight excluding hydrogens is 587 g/mol. The van der Waals surface area contributed by atoms with E-state index in [4.69, 9.17) is 0 Å². The van der Waals surface area contributed by atoms with Crippen LogP contribution in [0.2, 0.25) is 0 Å². The predicted molar refractivity (Wildman–Crippen MR) is 124 cm³/mol. The van der Waals surface area contributed by atoms with Gasteiger partial charge in [0.05, 0.1) is 0 Å². The summed E-state index contributed by atoms with van der Waals surface area (Å²) in [6.45, 7) is 0. The molecule has 0 fully saturated rings. The van der Waals surface area contributed by atoms with Gasteiger partial charge in [-0.25, -0.2) is 0 Å². The summed E-state index contributed by atoms with van der Waals surface area (Å²) in [5.41, 5.74) is 1.46. The summed E-state index contributed by atoms with van der Waals surface area (Å²) in [6, 6.07) is 32.2. The van der Waals surface area contributed by atoms with Crippen molar-refractivity contribution >= 4 is 21.0 Å². The third kappa shape index (κ3) is 6.36. The summed E-state index contributed by atoms with van der Waals surface area (Å²) in [4.78, 5) is 0. The topological polar surface area (TPSA) is 86.7 Å². The quantitative estimate of drug-likeness (QED) is 0.163. The molecule has 0 atom stereocenters. The van der Waals surface area contributed by atoms with Crippen LogP contribution in [0.3, 0.4) is 0 Å². The van der Waals surface area contributed by atoms with Crippen molar-refractivity contribution in [2.24, 2.45) is 0 Å². The van der Waals surface area contributed by atoms with Crippen LogP contribution in [-0.4, -0.2) is 16.8 Å². The van der Waals surface area contributed by atoms with Crippen molar-refractivity contribution in [3.63, 3.8) is 0 Å². The van der Waals surface area contributed by atoms with Gasteiger partial charge in [0, 0.05) is 38.1 Å². The van der Waals surface area contributed by atoms with Crippen molar-refractivity contribution in [2.45, 2.75) is 5.41 Å². The third-order valence-corrected chi connectivity index (χ3v) is 5.98. The molecule has 4 aromatic rings. The first-order valence-electron chi connectivity index (χ1n) is 10.0. The van der Waals surface area contributed by atoms with Crippen molar-refractivity contribution in [1.29, 1.82) is 0 Å². The molecule has 1 radical (unpaired) electrons. The number of hydrogen-bond donors (Lipinski definition) is 0. The van der Waals surface area contributed by atoms with Crippen LogP contribution in [0.15, 0.2) is 97.1 Å². The van der Waals surface area contributed by atoms with Crippen LogP contribution < -0.4 is 8.37 Å². The Kier molecular flexibility index (Phi) is 8.66. The Morgan fingerprint density at radius 1 is 0.583 bits per heavy atom. The normalized spacial score (nSPS) is 11.8. The smallest absolute Gasteiger partial charge is 0.358 e. The number of hydrogen-bond acceptors (Lipinski definition) is 6. The monoisotopic (exact) mass is 603 g/mol. The van der Waals surface area contributed by atoms with Gasteiger partial charge in [0.2, 0.25) is 0 Å². The number of halogens is 2. The average Bonchev–Trinajstić information content (AvgIpc) is 2.81. The molecule has 0 aliphatic rings. The standard InChI is InChI=1S/C25H16F2O6S2.Y/c26-34(28,29)32-23-15-11-21(12-16-23)25(19-7-3-1-4-8-19,20-9-5-2-6-10-20)22-13-17-24(18-14-22)33-35(27,30)31;/h1-7,9,11-18H;/q-2;. The minimum atomic E-state index is -5.21. The van der Waals surface area contributed by atoms with Crippen molar-refractivity contribution in [3.8, 4) is 11.5 Å². The molecule has 183 valence electrons. The number of benzene rings is 4. The maximum atomic E-state index is 13.0. The molecule has 0 bridgehead atoms. The first kappa shape index (κ1) is 27.9. The molecule has 0 aromatic heterocycles. The molecule has 0 aliphatic carbocycles. The molecule has 0 N–H and O–H groups in total. The Hall–Kier alpha value is -2.66. The zero-order chi connectivity index (χ0) is 25.1. The molecule has 0 unspecified atom stereocenters. The van der Waals surface area contributed by atoms with Gasteiger partial charge in [-0.05, 0) is 35.4 Å². The number of rotatable bonds is 8. The van der Waals surface area contributed by atoms with E-state index in [2.05, 4.69) is 20.5 Å². The fraction of sp³-hybridized carbons (Fsp3) is 0.0400. The summed E-state index contributed by atoms with van der Waals surface area (Å²) >= 11 is 0. The Morgan fingerprint density at radius 3 is 1.22 bits per heavy atom. The van der Waals surface area contributed by atoms with Crippen LogP contribution in [0.5, 0.6) is 11.5 Å². The first-order valence-corrected chi connectivity index (χ1v) is 12.6. The summed E-state index contributed by atoms with van der Waals surface area (Å²) in [6.07, 6.45) is 0. The predicted octanol–water partition coefficient (Wildman–Crippen LogP) is 4.85. The van der Waals surface area contributed by atoms with Crippen LogP contribution in [0.1, 0.15) is 22.3 Å². The molecule has 0 spiro atoms. The zero-order valence-electron chi connectivity index (χ0n) is 18.3. The van der Waals surface area contributed by atoms with Crippen LogP contribution in [0.4, 0.5) is 7.77 Å². The first-order chi connectivity index (χ1) is 16.6. The fourth-order valence-corrected chi connectivity index (χ4v) is 4.62. The summed E-state index contributed by atoms with van der Waals surface area (Å²) in [5, 5.41) is 0. The minimum Gasteiger partial charge on any atom is -0.358 e. The Morgan fingerprint density at radius 2 is 0.944 bits per heavy atom. The average molecular weight is 603 g/mol. The molecule has 0 amide bonds. The van der Waals surface area contributed by atoms with E-state index in [1.165, 1.54) is 24.3 Å². The second-order valence-corrected chi connectivity index (χ2v) is 9.21. The molecular formula is C25H16F2O6S2Y-2. The summed E-state index contributed by atoms with van der Waals surface area (Å²) in [5.74, 6) is -0.452. The van der Waals surface area contributed by atoms with Crippen molar-refractivity contribution in [2.75, 3.05) is 0 Å². The van der Waals surface area contributed by atoms with E-state index < -0.39 is 26.4 Å². The van der Waals surface area contributed by atoms with Gasteiger partial charge in [0.25, 0.3) is 0 Å². The minimum absolute atomic E-state index is 0. The van der Waals surface area contributed by atoms with Crippen molar-refractivity contribution in [3.05, 3.63) is 131 Å². The van der Waals surface area contributed by atoms with E-state index in [-0.39, 0.29) is 44.2 Å². The maximum Gasteiger partial charge on any atom is 0.488 e. The molecule has 0 saturated carbocycles. The Labute approximate surface area is 233 Å².